The number of carbonyl (C=O) groups is 2. The van der Waals surface area contributed by atoms with Gasteiger partial charge in [-0.15, -0.1) is 23.1 Å². The van der Waals surface area contributed by atoms with Crippen LogP contribution in [-0.2, 0) is 9.59 Å². The van der Waals surface area contributed by atoms with Gasteiger partial charge in [-0.1, -0.05) is 43.3 Å². The molecule has 1 heterocycles. The summed E-state index contributed by atoms with van der Waals surface area (Å²) in [6.45, 7) is 1.97. The van der Waals surface area contributed by atoms with Crippen molar-refractivity contribution in [1.29, 1.82) is 0 Å². The number of amides is 2. The Bertz CT molecular complexity index is 1390. The maximum atomic E-state index is 13.5. The summed E-state index contributed by atoms with van der Waals surface area (Å²) in [6, 6.07) is 22.7. The van der Waals surface area contributed by atoms with Gasteiger partial charge in [0.2, 0.25) is 11.8 Å². The Hall–Kier alpha value is -3.82. The number of nitrogens with one attached hydrogen (secondary N) is 2. The van der Waals surface area contributed by atoms with Gasteiger partial charge in [-0.2, -0.15) is 0 Å². The van der Waals surface area contributed by atoms with Crippen molar-refractivity contribution in [2.45, 2.75) is 29.9 Å². The van der Waals surface area contributed by atoms with Gasteiger partial charge in [0.05, 0.1) is 19.9 Å². The highest BCUT2D eigenvalue weighted by Gasteiger charge is 2.23. The predicted octanol–water partition coefficient (Wildman–Crippen LogP) is 7.04. The Labute approximate surface area is 230 Å². The molecule has 1 atom stereocenters. The van der Waals surface area contributed by atoms with Gasteiger partial charge in [-0.3, -0.25) is 9.59 Å². The lowest BCUT2D eigenvalue weighted by Gasteiger charge is -2.17. The summed E-state index contributed by atoms with van der Waals surface area (Å²) >= 11 is 2.78. The van der Waals surface area contributed by atoms with Gasteiger partial charge in [0, 0.05) is 27.9 Å². The Morgan fingerprint density at radius 2 is 1.74 bits per heavy atom. The fourth-order valence-electron chi connectivity index (χ4n) is 3.76. The number of hydrogen-bond acceptors (Lipinski definition) is 7. The molecule has 38 heavy (non-hydrogen) atoms. The van der Waals surface area contributed by atoms with Crippen molar-refractivity contribution in [3.05, 3.63) is 83.7 Å². The van der Waals surface area contributed by atoms with E-state index in [9.17, 15) is 9.59 Å². The molecule has 4 aromatic rings. The molecule has 2 N–H and O–H groups in total. The van der Waals surface area contributed by atoms with Crippen LogP contribution in [0.1, 0.15) is 30.6 Å². The van der Waals surface area contributed by atoms with E-state index in [1.165, 1.54) is 23.1 Å². The second-order valence-corrected chi connectivity index (χ2v) is 10.4. The number of anilines is 2. The summed E-state index contributed by atoms with van der Waals surface area (Å²) in [4.78, 5) is 31.1. The molecule has 0 saturated heterocycles. The fraction of sp³-hybridized carbons (Fsp3) is 0.207. The van der Waals surface area contributed by atoms with E-state index in [0.717, 1.165) is 28.1 Å². The molecule has 0 fully saturated rings. The molecule has 7 nitrogen and oxygen atoms in total. The van der Waals surface area contributed by atoms with Crippen LogP contribution in [0, 0.1) is 0 Å². The predicted molar refractivity (Wildman–Crippen MR) is 154 cm³/mol. The highest BCUT2D eigenvalue weighted by atomic mass is 32.2. The molecule has 0 saturated carbocycles. The molecule has 0 bridgehead atoms. The van der Waals surface area contributed by atoms with Crippen LogP contribution in [-0.4, -0.2) is 31.0 Å². The minimum absolute atomic E-state index is 0.0268. The number of rotatable bonds is 11. The van der Waals surface area contributed by atoms with Crippen LogP contribution < -0.4 is 20.1 Å². The number of thioether (sulfide) groups is 1. The molecule has 1 aromatic heterocycles. The van der Waals surface area contributed by atoms with Crippen LogP contribution in [0.5, 0.6) is 11.5 Å². The molecule has 9 heteroatoms. The molecule has 4 rings (SSSR count). The average Bonchev–Trinajstić information content (AvgIpc) is 3.40. The number of carbonyl (C=O) groups excluding carboxylic acids is 2. The number of aromatic nitrogens is 1. The summed E-state index contributed by atoms with van der Waals surface area (Å²) in [7, 11) is 3.18. The third-order valence-electron chi connectivity index (χ3n) is 5.60. The van der Waals surface area contributed by atoms with Crippen molar-refractivity contribution in [2.24, 2.45) is 0 Å². The van der Waals surface area contributed by atoms with Crippen molar-refractivity contribution < 1.29 is 19.1 Å². The first-order chi connectivity index (χ1) is 18.5. The number of ether oxygens (including phenoxy) is 2. The van der Waals surface area contributed by atoms with Gasteiger partial charge in [-0.25, -0.2) is 4.98 Å². The van der Waals surface area contributed by atoms with Gasteiger partial charge in [0.25, 0.3) is 0 Å². The molecule has 0 spiro atoms. The number of hydrogen-bond donors (Lipinski definition) is 2. The third kappa shape index (κ3) is 6.93. The lowest BCUT2D eigenvalue weighted by Crippen LogP contribution is -2.19. The van der Waals surface area contributed by atoms with Crippen LogP contribution in [0.4, 0.5) is 10.8 Å². The van der Waals surface area contributed by atoms with Gasteiger partial charge in [0.15, 0.2) is 16.6 Å². The number of nitrogens with zero attached hydrogens (tertiary/aromatic N) is 1. The lowest BCUT2D eigenvalue weighted by atomic mass is 10.1. The Kier molecular flexibility index (Phi) is 9.40. The molecule has 0 aliphatic carbocycles. The van der Waals surface area contributed by atoms with Gasteiger partial charge >= 0.3 is 0 Å². The summed E-state index contributed by atoms with van der Waals surface area (Å²) in [5.41, 5.74) is 3.16. The quantitative estimate of drug-likeness (QED) is 0.196. The smallest absolute Gasteiger partial charge is 0.244 e. The van der Waals surface area contributed by atoms with E-state index >= 15 is 0 Å². The molecular weight excluding hydrogens is 518 g/mol. The number of benzene rings is 3. The zero-order valence-corrected chi connectivity index (χ0v) is 23.0. The first-order valence-corrected chi connectivity index (χ1v) is 13.9. The molecular formula is C29H29N3O4S2. The maximum absolute atomic E-state index is 13.5. The van der Waals surface area contributed by atoms with E-state index < -0.39 is 5.25 Å². The minimum atomic E-state index is -0.522. The van der Waals surface area contributed by atoms with Gasteiger partial charge in [-0.05, 0) is 48.4 Å². The zero-order valence-electron chi connectivity index (χ0n) is 21.4. The summed E-state index contributed by atoms with van der Waals surface area (Å²) < 4.78 is 10.7. The summed E-state index contributed by atoms with van der Waals surface area (Å²) in [5.74, 6) is 1.03. The van der Waals surface area contributed by atoms with Crippen LogP contribution >= 0.6 is 23.1 Å². The monoisotopic (exact) mass is 547 g/mol. The largest absolute Gasteiger partial charge is 0.493 e. The highest BCUT2D eigenvalue weighted by molar-refractivity contribution is 8.00. The number of methoxy groups -OCH3 is 2. The Morgan fingerprint density at radius 3 is 2.47 bits per heavy atom. The first kappa shape index (κ1) is 27.2. The van der Waals surface area contributed by atoms with Crippen LogP contribution in [0.3, 0.4) is 0 Å². The second-order valence-electron chi connectivity index (χ2n) is 8.33. The molecule has 0 aliphatic heterocycles. The van der Waals surface area contributed by atoms with Crippen molar-refractivity contribution in [3.8, 4) is 22.8 Å². The van der Waals surface area contributed by atoms with Crippen LogP contribution in [0.25, 0.3) is 11.3 Å². The number of thiazole rings is 1. The first-order valence-electron chi connectivity index (χ1n) is 12.1. The lowest BCUT2D eigenvalue weighted by molar-refractivity contribution is -0.116. The topological polar surface area (TPSA) is 89.6 Å². The Balaban J connectivity index is 1.53. The second kappa shape index (κ2) is 13.1. The van der Waals surface area contributed by atoms with E-state index in [-0.39, 0.29) is 11.8 Å². The molecule has 0 radical (unpaired) electrons. The van der Waals surface area contributed by atoms with Gasteiger partial charge < -0.3 is 20.1 Å². The van der Waals surface area contributed by atoms with Crippen molar-refractivity contribution >= 4 is 45.7 Å². The zero-order chi connectivity index (χ0) is 26.9. The molecule has 2 amide bonds. The molecule has 0 aliphatic rings. The Morgan fingerprint density at radius 1 is 0.947 bits per heavy atom. The van der Waals surface area contributed by atoms with E-state index in [1.54, 1.807) is 14.2 Å². The minimum Gasteiger partial charge on any atom is -0.493 e. The summed E-state index contributed by atoms with van der Waals surface area (Å²) in [5, 5.41) is 7.78. The third-order valence-corrected chi connectivity index (χ3v) is 7.61. The van der Waals surface area contributed by atoms with Crippen LogP contribution in [0.15, 0.2) is 83.1 Å². The van der Waals surface area contributed by atoms with Gasteiger partial charge in [0.1, 0.15) is 5.25 Å². The molecule has 1 unspecified atom stereocenters. The van der Waals surface area contributed by atoms with Crippen molar-refractivity contribution in [3.63, 3.8) is 0 Å². The fourth-order valence-corrected chi connectivity index (χ4v) is 5.57. The van der Waals surface area contributed by atoms with E-state index in [4.69, 9.17) is 9.47 Å². The van der Waals surface area contributed by atoms with E-state index in [0.29, 0.717) is 28.7 Å². The van der Waals surface area contributed by atoms with E-state index in [2.05, 4.69) is 15.6 Å². The highest BCUT2D eigenvalue weighted by Crippen LogP contribution is 2.38. The average molecular weight is 548 g/mol. The standard InChI is InChI=1S/C29H29N3O4S2/c1-4-9-26(33)30-21-12-8-13-22(17-21)38-27(19-10-6-5-7-11-19)28(34)32-29-31-23(18-37-29)20-14-15-24(35-2)25(16-20)36-3/h5-8,10-18,27H,4,9H2,1-3H3,(H,30,33)(H,31,32,34). The van der Waals surface area contributed by atoms with Crippen molar-refractivity contribution in [2.75, 3.05) is 24.9 Å². The van der Waals surface area contributed by atoms with Crippen molar-refractivity contribution in [1.82, 2.24) is 4.98 Å². The maximum Gasteiger partial charge on any atom is 0.244 e. The van der Waals surface area contributed by atoms with E-state index in [1.807, 2.05) is 85.1 Å². The SMILES string of the molecule is CCCC(=O)Nc1cccc(SC(C(=O)Nc2nc(-c3ccc(OC)c(OC)c3)cs2)c2ccccc2)c1. The summed E-state index contributed by atoms with van der Waals surface area (Å²) in [6.07, 6.45) is 1.24. The normalized spacial score (nSPS) is 11.4. The molecule has 3 aromatic carbocycles. The van der Waals surface area contributed by atoms with Crippen LogP contribution in [0.2, 0.25) is 0 Å². The molecule has 196 valence electrons.